The van der Waals surface area contributed by atoms with E-state index in [0.717, 1.165) is 6.08 Å². The maximum Gasteiger partial charge on any atom is 0.328 e. The molecule has 0 unspecified atom stereocenters. The Kier molecular flexibility index (Phi) is 4.34. The molecular formula is C15H13NO4. The van der Waals surface area contributed by atoms with Crippen molar-refractivity contribution in [1.82, 2.24) is 4.98 Å². The predicted molar refractivity (Wildman–Crippen MR) is 74.0 cm³/mol. The van der Waals surface area contributed by atoms with Crippen molar-refractivity contribution in [2.75, 3.05) is 7.11 Å². The summed E-state index contributed by atoms with van der Waals surface area (Å²) in [4.78, 5) is 14.5. The van der Waals surface area contributed by atoms with Crippen LogP contribution in [0.2, 0.25) is 0 Å². The second-order valence-electron chi connectivity index (χ2n) is 3.88. The van der Waals surface area contributed by atoms with Gasteiger partial charge in [-0.15, -0.1) is 0 Å². The van der Waals surface area contributed by atoms with Gasteiger partial charge in [-0.05, 0) is 29.8 Å². The van der Waals surface area contributed by atoms with Gasteiger partial charge in [0.2, 0.25) is 5.88 Å². The minimum Gasteiger partial charge on any atom is -0.497 e. The van der Waals surface area contributed by atoms with Gasteiger partial charge in [0.05, 0.1) is 7.11 Å². The summed E-state index contributed by atoms with van der Waals surface area (Å²) in [6, 6.07) is 10.6. The third kappa shape index (κ3) is 3.84. The van der Waals surface area contributed by atoms with Crippen LogP contribution in [0, 0.1) is 0 Å². The maximum atomic E-state index is 10.4. The van der Waals surface area contributed by atoms with E-state index in [-0.39, 0.29) is 0 Å². The number of aromatic nitrogens is 1. The summed E-state index contributed by atoms with van der Waals surface area (Å²) in [6.07, 6.45) is 4.05. The van der Waals surface area contributed by atoms with Crippen molar-refractivity contribution in [1.29, 1.82) is 0 Å². The van der Waals surface area contributed by atoms with Gasteiger partial charge in [0.1, 0.15) is 11.5 Å². The van der Waals surface area contributed by atoms with Gasteiger partial charge in [-0.3, -0.25) is 0 Å². The topological polar surface area (TPSA) is 68.7 Å². The fourth-order valence-corrected chi connectivity index (χ4v) is 1.50. The molecule has 0 aliphatic carbocycles. The normalized spacial score (nSPS) is 10.4. The van der Waals surface area contributed by atoms with Gasteiger partial charge in [-0.1, -0.05) is 6.07 Å². The minimum atomic E-state index is -0.998. The molecule has 5 heteroatoms. The van der Waals surface area contributed by atoms with Crippen LogP contribution in [0.1, 0.15) is 5.56 Å². The number of benzene rings is 1. The molecule has 0 atom stereocenters. The monoisotopic (exact) mass is 271 g/mol. The average molecular weight is 271 g/mol. The molecule has 1 aromatic carbocycles. The van der Waals surface area contributed by atoms with Crippen LogP contribution in [0.25, 0.3) is 6.08 Å². The summed E-state index contributed by atoms with van der Waals surface area (Å²) in [5, 5.41) is 8.53. The minimum absolute atomic E-state index is 0.422. The summed E-state index contributed by atoms with van der Waals surface area (Å²) in [7, 11) is 1.58. The lowest BCUT2D eigenvalue weighted by Crippen LogP contribution is -1.90. The standard InChI is InChI=1S/C15H13NO4/c1-19-12-3-2-4-13(9-12)20-14-7-5-11(10-16-14)6-8-15(17)18/h2-10H,1H3,(H,17,18)/b8-6+. The SMILES string of the molecule is COc1cccc(Oc2ccc(/C=C/C(=O)O)cn2)c1. The number of pyridine rings is 1. The third-order valence-electron chi connectivity index (χ3n) is 2.44. The summed E-state index contributed by atoms with van der Waals surface area (Å²) in [5.74, 6) is 0.738. The number of nitrogens with zero attached hydrogens (tertiary/aromatic N) is 1. The molecule has 102 valence electrons. The molecule has 0 spiro atoms. The van der Waals surface area contributed by atoms with Crippen molar-refractivity contribution in [2.45, 2.75) is 0 Å². The third-order valence-corrected chi connectivity index (χ3v) is 2.44. The van der Waals surface area contributed by atoms with E-state index in [0.29, 0.717) is 22.9 Å². The first-order valence-electron chi connectivity index (χ1n) is 5.86. The van der Waals surface area contributed by atoms with Crippen LogP contribution in [-0.4, -0.2) is 23.2 Å². The van der Waals surface area contributed by atoms with Crippen LogP contribution in [0.15, 0.2) is 48.7 Å². The summed E-state index contributed by atoms with van der Waals surface area (Å²) < 4.78 is 10.7. The van der Waals surface area contributed by atoms with Gasteiger partial charge in [0, 0.05) is 24.4 Å². The molecule has 1 N–H and O–H groups in total. The number of aliphatic carboxylic acids is 1. The number of carbonyl (C=O) groups is 1. The predicted octanol–water partition coefficient (Wildman–Crippen LogP) is 2.98. The molecule has 0 radical (unpaired) electrons. The molecule has 2 aromatic rings. The van der Waals surface area contributed by atoms with Gasteiger partial charge in [-0.2, -0.15) is 0 Å². The highest BCUT2D eigenvalue weighted by Gasteiger charge is 2.00. The molecule has 0 fully saturated rings. The van der Waals surface area contributed by atoms with Gasteiger partial charge in [-0.25, -0.2) is 9.78 Å². The fourth-order valence-electron chi connectivity index (χ4n) is 1.50. The van der Waals surface area contributed by atoms with E-state index in [1.165, 1.54) is 12.3 Å². The molecular weight excluding hydrogens is 258 g/mol. The molecule has 0 saturated heterocycles. The summed E-state index contributed by atoms with van der Waals surface area (Å²) in [5.41, 5.74) is 0.686. The molecule has 0 bridgehead atoms. The molecule has 5 nitrogen and oxygen atoms in total. The Balaban J connectivity index is 2.08. The van der Waals surface area contributed by atoms with Crippen LogP contribution in [0.5, 0.6) is 17.4 Å². The van der Waals surface area contributed by atoms with E-state index in [4.69, 9.17) is 14.6 Å². The zero-order chi connectivity index (χ0) is 14.4. The number of ether oxygens (including phenoxy) is 2. The Labute approximate surface area is 116 Å². The number of methoxy groups -OCH3 is 1. The average Bonchev–Trinajstić information content (AvgIpc) is 2.47. The number of rotatable bonds is 5. The van der Waals surface area contributed by atoms with Crippen molar-refractivity contribution < 1.29 is 19.4 Å². The summed E-state index contributed by atoms with van der Waals surface area (Å²) in [6.45, 7) is 0. The molecule has 0 aliphatic rings. The number of carboxylic acids is 1. The first-order valence-corrected chi connectivity index (χ1v) is 5.86. The van der Waals surface area contributed by atoms with Crippen molar-refractivity contribution in [3.63, 3.8) is 0 Å². The van der Waals surface area contributed by atoms with Crippen molar-refractivity contribution >= 4 is 12.0 Å². The molecule has 1 heterocycles. The Hall–Kier alpha value is -2.82. The highest BCUT2D eigenvalue weighted by Crippen LogP contribution is 2.23. The van der Waals surface area contributed by atoms with E-state index in [1.807, 2.05) is 12.1 Å². The number of hydrogen-bond donors (Lipinski definition) is 1. The van der Waals surface area contributed by atoms with E-state index < -0.39 is 5.97 Å². The van der Waals surface area contributed by atoms with E-state index >= 15 is 0 Å². The molecule has 0 aliphatic heterocycles. The van der Waals surface area contributed by atoms with Crippen LogP contribution in [0.4, 0.5) is 0 Å². The zero-order valence-electron chi connectivity index (χ0n) is 10.8. The van der Waals surface area contributed by atoms with Crippen molar-refractivity contribution in [3.8, 4) is 17.4 Å². The fraction of sp³-hybridized carbons (Fsp3) is 0.0667. The van der Waals surface area contributed by atoms with E-state index in [9.17, 15) is 4.79 Å². The molecule has 1 aromatic heterocycles. The lowest BCUT2D eigenvalue weighted by atomic mass is 10.2. The quantitative estimate of drug-likeness (QED) is 0.847. The Bertz CT molecular complexity index is 620. The second-order valence-corrected chi connectivity index (χ2v) is 3.88. The van der Waals surface area contributed by atoms with E-state index in [1.54, 1.807) is 31.4 Å². The largest absolute Gasteiger partial charge is 0.497 e. The Morgan fingerprint density at radius 3 is 2.70 bits per heavy atom. The highest BCUT2D eigenvalue weighted by molar-refractivity contribution is 5.85. The van der Waals surface area contributed by atoms with Crippen LogP contribution >= 0.6 is 0 Å². The molecule has 0 amide bonds. The van der Waals surface area contributed by atoms with Crippen LogP contribution in [-0.2, 0) is 4.79 Å². The second kappa shape index (κ2) is 6.38. The number of carboxylic acid groups (broad SMARTS) is 1. The Morgan fingerprint density at radius 2 is 2.05 bits per heavy atom. The van der Waals surface area contributed by atoms with Gasteiger partial charge in [0.15, 0.2) is 0 Å². The molecule has 0 saturated carbocycles. The van der Waals surface area contributed by atoms with Gasteiger partial charge in [0.25, 0.3) is 0 Å². The highest BCUT2D eigenvalue weighted by atomic mass is 16.5. The molecule has 20 heavy (non-hydrogen) atoms. The number of hydrogen-bond acceptors (Lipinski definition) is 4. The smallest absolute Gasteiger partial charge is 0.328 e. The lowest BCUT2D eigenvalue weighted by molar-refractivity contribution is -0.131. The van der Waals surface area contributed by atoms with Crippen molar-refractivity contribution in [2.24, 2.45) is 0 Å². The summed E-state index contributed by atoms with van der Waals surface area (Å²) >= 11 is 0. The van der Waals surface area contributed by atoms with Gasteiger partial charge >= 0.3 is 5.97 Å². The van der Waals surface area contributed by atoms with Gasteiger partial charge < -0.3 is 14.6 Å². The zero-order valence-corrected chi connectivity index (χ0v) is 10.8. The van der Waals surface area contributed by atoms with Crippen molar-refractivity contribution in [3.05, 3.63) is 54.2 Å². The Morgan fingerprint density at radius 1 is 1.25 bits per heavy atom. The van der Waals surface area contributed by atoms with E-state index in [2.05, 4.69) is 4.98 Å². The maximum absolute atomic E-state index is 10.4. The molecule has 2 rings (SSSR count). The first kappa shape index (κ1) is 13.6. The van der Waals surface area contributed by atoms with Crippen LogP contribution < -0.4 is 9.47 Å². The lowest BCUT2D eigenvalue weighted by Gasteiger charge is -2.06. The van der Waals surface area contributed by atoms with Crippen LogP contribution in [0.3, 0.4) is 0 Å². The first-order chi connectivity index (χ1) is 9.67.